The molecule has 33 heavy (non-hydrogen) atoms. The van der Waals surface area contributed by atoms with Crippen LogP contribution in [-0.4, -0.2) is 31.9 Å². The van der Waals surface area contributed by atoms with Gasteiger partial charge in [0.2, 0.25) is 5.91 Å². The molecule has 4 rings (SSSR count). The molecule has 180 valence electrons. The van der Waals surface area contributed by atoms with E-state index in [1.165, 1.54) is 24.8 Å². The third-order valence-electron chi connectivity index (χ3n) is 7.14. The molecule has 2 N–H and O–H groups in total. The number of hydrogen-bond donors (Lipinski definition) is 2. The first kappa shape index (κ1) is 23.9. The number of rotatable bonds is 10. The average Bonchev–Trinajstić information content (AvgIpc) is 3.44. The van der Waals surface area contributed by atoms with Gasteiger partial charge in [-0.05, 0) is 82.8 Å². The third-order valence-corrected chi connectivity index (χ3v) is 7.14. The Bertz CT molecular complexity index is 970. The van der Waals surface area contributed by atoms with E-state index in [1.54, 1.807) is 6.92 Å². The summed E-state index contributed by atoms with van der Waals surface area (Å²) in [6.07, 6.45) is 6.26. The van der Waals surface area contributed by atoms with Gasteiger partial charge in [-0.2, -0.15) is 0 Å². The predicted octanol–water partition coefficient (Wildman–Crippen LogP) is 5.65. The van der Waals surface area contributed by atoms with Crippen molar-refractivity contribution in [3.63, 3.8) is 0 Å². The minimum atomic E-state index is -0.504. The maximum Gasteiger partial charge on any atom is 0.225 e. The summed E-state index contributed by atoms with van der Waals surface area (Å²) in [6, 6.07) is 6.50. The Kier molecular flexibility index (Phi) is 7.22. The second-order valence-electron chi connectivity index (χ2n) is 11.0. The SMILES string of the molecule is Cc1ccc(NC(=O)C[C@H](C[C@H](C)O)c2nnc([C@H]3C[C@@H](CC(C)C)C3)n2C2CC2)c(C)c1. The van der Waals surface area contributed by atoms with E-state index in [0.29, 0.717) is 24.8 Å². The summed E-state index contributed by atoms with van der Waals surface area (Å²) in [7, 11) is 0. The van der Waals surface area contributed by atoms with Crippen LogP contribution in [0.2, 0.25) is 0 Å². The summed E-state index contributed by atoms with van der Waals surface area (Å²) in [5, 5.41) is 22.6. The molecule has 2 saturated carbocycles. The molecule has 0 spiro atoms. The van der Waals surface area contributed by atoms with Gasteiger partial charge in [0.15, 0.2) is 0 Å². The summed E-state index contributed by atoms with van der Waals surface area (Å²) in [5.74, 6) is 3.81. The fourth-order valence-electron chi connectivity index (χ4n) is 5.46. The highest BCUT2D eigenvalue weighted by Gasteiger charge is 2.39. The normalized spacial score (nSPS) is 22.2. The number of carbonyl (C=O) groups excluding carboxylic acids is 1. The highest BCUT2D eigenvalue weighted by molar-refractivity contribution is 5.92. The number of amides is 1. The van der Waals surface area contributed by atoms with Crippen LogP contribution in [0.5, 0.6) is 0 Å². The number of aromatic nitrogens is 3. The van der Waals surface area contributed by atoms with Gasteiger partial charge in [0.1, 0.15) is 11.6 Å². The van der Waals surface area contributed by atoms with Crippen molar-refractivity contribution in [1.29, 1.82) is 0 Å². The van der Waals surface area contributed by atoms with Gasteiger partial charge in [-0.1, -0.05) is 31.5 Å². The Labute approximate surface area is 198 Å². The second kappa shape index (κ2) is 9.96. The van der Waals surface area contributed by atoms with Crippen molar-refractivity contribution in [1.82, 2.24) is 14.8 Å². The van der Waals surface area contributed by atoms with Crippen LogP contribution in [0.25, 0.3) is 0 Å². The molecule has 2 aliphatic carbocycles. The Morgan fingerprint density at radius 1 is 1.18 bits per heavy atom. The number of nitrogens with one attached hydrogen (secondary N) is 1. The highest BCUT2D eigenvalue weighted by Crippen LogP contribution is 2.48. The fraction of sp³-hybridized carbons (Fsp3) is 0.667. The Morgan fingerprint density at radius 3 is 2.52 bits per heavy atom. The van der Waals surface area contributed by atoms with Crippen LogP contribution in [0, 0.1) is 25.7 Å². The van der Waals surface area contributed by atoms with E-state index >= 15 is 0 Å². The molecule has 2 fully saturated rings. The first-order valence-electron chi connectivity index (χ1n) is 12.7. The lowest BCUT2D eigenvalue weighted by Gasteiger charge is -2.36. The standard InChI is InChI=1S/C27H40N4O2/c1-16(2)10-20-13-22(14-20)27-30-29-26(31(27)23-7-8-23)21(12-19(5)32)15-25(33)28-24-9-6-17(3)11-18(24)4/h6,9,11,16,19-23,32H,7-8,10,12-15H2,1-5H3,(H,28,33)/t19-,20-,21-,22+/m0/s1. The molecule has 0 bridgehead atoms. The van der Waals surface area contributed by atoms with Crippen LogP contribution in [0.3, 0.4) is 0 Å². The highest BCUT2D eigenvalue weighted by atomic mass is 16.3. The molecule has 0 aliphatic heterocycles. The largest absolute Gasteiger partial charge is 0.393 e. The van der Waals surface area contributed by atoms with Gasteiger partial charge in [-0.3, -0.25) is 4.79 Å². The molecule has 2 aliphatic rings. The first-order chi connectivity index (χ1) is 15.7. The van der Waals surface area contributed by atoms with Crippen molar-refractivity contribution < 1.29 is 9.90 Å². The van der Waals surface area contributed by atoms with Crippen molar-refractivity contribution in [2.45, 2.75) is 104 Å². The maximum absolute atomic E-state index is 13.0. The number of hydrogen-bond acceptors (Lipinski definition) is 4. The monoisotopic (exact) mass is 452 g/mol. The number of benzene rings is 1. The van der Waals surface area contributed by atoms with E-state index in [1.807, 2.05) is 26.0 Å². The van der Waals surface area contributed by atoms with E-state index in [9.17, 15) is 9.90 Å². The lowest BCUT2D eigenvalue weighted by molar-refractivity contribution is -0.116. The van der Waals surface area contributed by atoms with Gasteiger partial charge in [0.05, 0.1) is 6.10 Å². The molecular formula is C27H40N4O2. The van der Waals surface area contributed by atoms with E-state index < -0.39 is 6.10 Å². The van der Waals surface area contributed by atoms with E-state index in [-0.39, 0.29) is 11.8 Å². The Morgan fingerprint density at radius 2 is 1.91 bits per heavy atom. The van der Waals surface area contributed by atoms with Gasteiger partial charge in [0.25, 0.3) is 0 Å². The third kappa shape index (κ3) is 5.84. The molecule has 6 heteroatoms. The summed E-state index contributed by atoms with van der Waals surface area (Å²) < 4.78 is 2.34. The molecule has 0 unspecified atom stereocenters. The van der Waals surface area contributed by atoms with E-state index in [0.717, 1.165) is 47.6 Å². The second-order valence-corrected chi connectivity index (χ2v) is 11.0. The molecule has 1 amide bonds. The first-order valence-corrected chi connectivity index (χ1v) is 12.7. The summed E-state index contributed by atoms with van der Waals surface area (Å²) >= 11 is 0. The van der Waals surface area contributed by atoms with Crippen LogP contribution in [-0.2, 0) is 4.79 Å². The van der Waals surface area contributed by atoms with Crippen molar-refractivity contribution in [3.05, 3.63) is 41.0 Å². The maximum atomic E-state index is 13.0. The number of carbonyl (C=O) groups is 1. The molecular weight excluding hydrogens is 412 g/mol. The van der Waals surface area contributed by atoms with Crippen molar-refractivity contribution in [3.8, 4) is 0 Å². The number of aliphatic hydroxyl groups excluding tert-OH is 1. The van der Waals surface area contributed by atoms with Gasteiger partial charge in [-0.15, -0.1) is 10.2 Å². The van der Waals surface area contributed by atoms with Gasteiger partial charge in [0, 0.05) is 30.0 Å². The zero-order valence-corrected chi connectivity index (χ0v) is 20.8. The van der Waals surface area contributed by atoms with E-state index in [4.69, 9.17) is 0 Å². The summed E-state index contributed by atoms with van der Waals surface area (Å²) in [5.41, 5.74) is 3.07. The Hall–Kier alpha value is -2.21. The van der Waals surface area contributed by atoms with Gasteiger partial charge < -0.3 is 15.0 Å². The lowest BCUT2D eigenvalue weighted by atomic mass is 9.71. The quantitative estimate of drug-likeness (QED) is 0.488. The minimum absolute atomic E-state index is 0.0415. The van der Waals surface area contributed by atoms with Gasteiger partial charge >= 0.3 is 0 Å². The van der Waals surface area contributed by atoms with E-state index in [2.05, 4.69) is 40.0 Å². The van der Waals surface area contributed by atoms with Crippen LogP contribution in [0.15, 0.2) is 18.2 Å². The smallest absolute Gasteiger partial charge is 0.225 e. The molecule has 1 aromatic heterocycles. The number of aryl methyl sites for hydroxylation is 2. The molecule has 0 radical (unpaired) electrons. The van der Waals surface area contributed by atoms with Crippen molar-refractivity contribution >= 4 is 11.6 Å². The topological polar surface area (TPSA) is 80.0 Å². The molecule has 0 saturated heterocycles. The number of nitrogens with zero attached hydrogens (tertiary/aromatic N) is 3. The number of anilines is 1. The molecule has 2 atom stereocenters. The number of aliphatic hydroxyl groups is 1. The Balaban J connectivity index is 1.51. The fourth-order valence-corrected chi connectivity index (χ4v) is 5.46. The van der Waals surface area contributed by atoms with Crippen molar-refractivity contribution in [2.24, 2.45) is 11.8 Å². The summed E-state index contributed by atoms with van der Waals surface area (Å²) in [6.45, 7) is 10.4. The van der Waals surface area contributed by atoms with Gasteiger partial charge in [-0.25, -0.2) is 0 Å². The molecule has 1 heterocycles. The average molecular weight is 453 g/mol. The zero-order chi connectivity index (χ0) is 23.7. The molecule has 1 aromatic carbocycles. The predicted molar refractivity (Wildman–Crippen MR) is 131 cm³/mol. The van der Waals surface area contributed by atoms with Crippen molar-refractivity contribution in [2.75, 3.05) is 5.32 Å². The van der Waals surface area contributed by atoms with Crippen LogP contribution >= 0.6 is 0 Å². The van der Waals surface area contributed by atoms with Crippen LogP contribution in [0.1, 0.15) is 106 Å². The molecule has 2 aromatic rings. The summed E-state index contributed by atoms with van der Waals surface area (Å²) in [4.78, 5) is 13.0. The van der Waals surface area contributed by atoms with Crippen LogP contribution < -0.4 is 5.32 Å². The van der Waals surface area contributed by atoms with Crippen LogP contribution in [0.4, 0.5) is 5.69 Å². The minimum Gasteiger partial charge on any atom is -0.393 e. The zero-order valence-electron chi connectivity index (χ0n) is 20.8. The lowest BCUT2D eigenvalue weighted by Crippen LogP contribution is -2.27. The molecule has 6 nitrogen and oxygen atoms in total.